The Labute approximate surface area is 452 Å². The molecular formula is C70H84O4S. The van der Waals surface area contributed by atoms with Crippen molar-refractivity contribution in [3.8, 4) is 23.0 Å². The lowest BCUT2D eigenvalue weighted by Gasteiger charge is -2.27. The number of fused-ring (bicyclic) bond motifs is 3. The maximum absolute atomic E-state index is 12.8. The molecule has 4 aliphatic rings. The second-order valence-corrected chi connectivity index (χ2v) is 25.7. The maximum atomic E-state index is 12.8. The molecule has 0 aliphatic heterocycles. The third-order valence-electron chi connectivity index (χ3n) is 18.8. The van der Waals surface area contributed by atoms with E-state index in [1.165, 1.54) is 128 Å². The number of phenolic OH excluding ortho intramolecular Hbond substituents is 4. The first kappa shape index (κ1) is 51.8. The fourth-order valence-electron chi connectivity index (χ4n) is 15.2. The van der Waals surface area contributed by atoms with Gasteiger partial charge in [0.1, 0.15) is 23.0 Å². The predicted octanol–water partition coefficient (Wildman–Crippen LogP) is 19.0. The summed E-state index contributed by atoms with van der Waals surface area (Å²) in [5, 5.41) is 53.6. The lowest BCUT2D eigenvalue weighted by Crippen LogP contribution is -2.12. The zero-order chi connectivity index (χ0) is 51.7. The second kappa shape index (κ2) is 22.8. The van der Waals surface area contributed by atoms with Gasteiger partial charge in [-0.15, -0.1) is 11.3 Å². The van der Waals surface area contributed by atoms with E-state index in [0.29, 0.717) is 46.7 Å². The Balaban J connectivity index is 1.12. The van der Waals surface area contributed by atoms with Gasteiger partial charge in [0.15, 0.2) is 0 Å². The predicted molar refractivity (Wildman–Crippen MR) is 314 cm³/mol. The highest BCUT2D eigenvalue weighted by Crippen LogP contribution is 2.53. The molecule has 4 nitrogen and oxygen atoms in total. The molecule has 0 spiro atoms. The van der Waals surface area contributed by atoms with E-state index in [4.69, 9.17) is 0 Å². The first-order chi connectivity index (χ1) is 36.5. The van der Waals surface area contributed by atoms with E-state index in [9.17, 15) is 20.4 Å². The Morgan fingerprint density at radius 2 is 0.600 bits per heavy atom. The van der Waals surface area contributed by atoms with Crippen LogP contribution in [0.5, 0.6) is 23.0 Å². The molecule has 4 saturated carbocycles. The van der Waals surface area contributed by atoms with Gasteiger partial charge in [-0.1, -0.05) is 236 Å². The van der Waals surface area contributed by atoms with Gasteiger partial charge in [0.2, 0.25) is 0 Å². The summed E-state index contributed by atoms with van der Waals surface area (Å²) in [6.07, 6.45) is 28.2. The number of aromatic hydroxyl groups is 4. The van der Waals surface area contributed by atoms with Crippen molar-refractivity contribution in [3.63, 3.8) is 0 Å². The van der Waals surface area contributed by atoms with Gasteiger partial charge in [0.25, 0.3) is 0 Å². The van der Waals surface area contributed by atoms with Crippen molar-refractivity contribution in [2.45, 2.75) is 194 Å². The SMILES string of the molecule is Cc1cc(CC2CCCCC2)c(O)c(C(c2cc(C)cc(CC3CCCCC3)c2O)c2cccc3c2sc2c(C(c4cc(C)cc(CC5CCCCC5)c4O)c4cc(C)cc(CC5CCCCC5)c4O)cccc23)c1. The van der Waals surface area contributed by atoms with Gasteiger partial charge in [-0.3, -0.25) is 0 Å². The molecule has 4 aliphatic carbocycles. The number of rotatable bonds is 14. The number of benzene rings is 6. The van der Waals surface area contributed by atoms with Gasteiger partial charge in [0, 0.05) is 54.3 Å². The summed E-state index contributed by atoms with van der Waals surface area (Å²) in [5.74, 6) is 2.78. The summed E-state index contributed by atoms with van der Waals surface area (Å²) in [5.41, 5.74) is 14.2. The molecule has 0 bridgehead atoms. The highest BCUT2D eigenvalue weighted by Gasteiger charge is 2.33. The van der Waals surface area contributed by atoms with Crippen molar-refractivity contribution in [2.24, 2.45) is 23.7 Å². The standard InChI is InChI=1S/C70H84O4S/c1-43-31-51(39-47-19-9-5-10-20-47)65(71)59(35-43)63(60-36-44(2)32-52(66(60)72)40-48-21-11-6-12-22-48)57-29-17-27-55-56-28-18-30-58(70(56)75-69(55)57)64(61-37-45(3)33-53(67(61)73)41-49-23-13-7-14-24-49)62-38-46(4)34-54(68(62)74)42-50-25-15-8-16-26-50/h17-18,27-38,47-50,63-64,71-74H,5-16,19-26,39-42H2,1-4H3. The van der Waals surface area contributed by atoms with Crippen LogP contribution in [0.2, 0.25) is 0 Å². The molecule has 0 radical (unpaired) electrons. The molecule has 4 fully saturated rings. The minimum Gasteiger partial charge on any atom is -0.507 e. The van der Waals surface area contributed by atoms with E-state index < -0.39 is 11.8 Å². The second-order valence-electron chi connectivity index (χ2n) is 24.7. The summed E-state index contributed by atoms with van der Waals surface area (Å²) in [7, 11) is 0. The van der Waals surface area contributed by atoms with Crippen LogP contribution in [-0.2, 0) is 25.7 Å². The molecular weight excluding hydrogens is 937 g/mol. The fourth-order valence-corrected chi connectivity index (χ4v) is 16.6. The summed E-state index contributed by atoms with van der Waals surface area (Å²) in [4.78, 5) is 0. The van der Waals surface area contributed by atoms with Crippen LogP contribution in [0.15, 0.2) is 84.9 Å². The average molecular weight is 1020 g/mol. The van der Waals surface area contributed by atoms with Crippen LogP contribution in [0.3, 0.4) is 0 Å². The van der Waals surface area contributed by atoms with Crippen LogP contribution in [0.25, 0.3) is 20.2 Å². The van der Waals surface area contributed by atoms with E-state index in [0.717, 1.165) is 124 Å². The maximum Gasteiger partial charge on any atom is 0.122 e. The van der Waals surface area contributed by atoms with Crippen molar-refractivity contribution in [1.29, 1.82) is 0 Å². The van der Waals surface area contributed by atoms with Crippen LogP contribution >= 0.6 is 11.3 Å². The van der Waals surface area contributed by atoms with Crippen molar-refractivity contribution in [2.75, 3.05) is 0 Å². The number of thiophene rings is 1. The molecule has 6 aromatic carbocycles. The first-order valence-corrected chi connectivity index (χ1v) is 30.5. The van der Waals surface area contributed by atoms with Crippen molar-refractivity contribution in [1.82, 2.24) is 0 Å². The summed E-state index contributed by atoms with van der Waals surface area (Å²) in [6.45, 7) is 8.68. The molecule has 394 valence electrons. The van der Waals surface area contributed by atoms with Crippen molar-refractivity contribution >= 4 is 31.5 Å². The molecule has 11 rings (SSSR count). The minimum absolute atomic E-state index is 0.364. The molecule has 75 heavy (non-hydrogen) atoms. The summed E-state index contributed by atoms with van der Waals surface area (Å²) >= 11 is 1.79. The van der Waals surface area contributed by atoms with Gasteiger partial charge in [-0.25, -0.2) is 0 Å². The Bertz CT molecular complexity index is 2790. The number of hydrogen-bond acceptors (Lipinski definition) is 5. The van der Waals surface area contributed by atoms with Gasteiger partial charge >= 0.3 is 0 Å². The highest BCUT2D eigenvalue weighted by atomic mass is 32.1. The number of hydrogen-bond donors (Lipinski definition) is 4. The molecule has 0 atom stereocenters. The zero-order valence-electron chi connectivity index (χ0n) is 45.7. The van der Waals surface area contributed by atoms with Gasteiger partial charge in [-0.2, -0.15) is 0 Å². The fraction of sp³-hybridized carbons (Fsp3) is 0.486. The van der Waals surface area contributed by atoms with Crippen LogP contribution in [0, 0.1) is 51.4 Å². The van der Waals surface area contributed by atoms with Crippen molar-refractivity contribution in [3.05, 3.63) is 163 Å². The van der Waals surface area contributed by atoms with E-state index in [2.05, 4.69) is 113 Å². The Morgan fingerprint density at radius 1 is 0.347 bits per heavy atom. The molecule has 7 aromatic rings. The quantitative estimate of drug-likeness (QED) is 0.0819. The highest BCUT2D eigenvalue weighted by molar-refractivity contribution is 7.26. The molecule has 0 unspecified atom stereocenters. The van der Waals surface area contributed by atoms with E-state index >= 15 is 0 Å². The largest absolute Gasteiger partial charge is 0.507 e. The lowest BCUT2D eigenvalue weighted by atomic mass is 9.78. The van der Waals surface area contributed by atoms with E-state index in [1.54, 1.807) is 11.3 Å². The van der Waals surface area contributed by atoms with Gasteiger partial charge in [0.05, 0.1) is 0 Å². The Morgan fingerprint density at radius 3 is 0.853 bits per heavy atom. The molecule has 4 N–H and O–H groups in total. The van der Waals surface area contributed by atoms with Crippen LogP contribution in [0.4, 0.5) is 0 Å². The molecule has 1 aromatic heterocycles. The van der Waals surface area contributed by atoms with Crippen LogP contribution in [-0.4, -0.2) is 20.4 Å². The van der Waals surface area contributed by atoms with E-state index in [1.807, 2.05) is 0 Å². The smallest absolute Gasteiger partial charge is 0.122 e. The Hall–Kier alpha value is -5.26. The third-order valence-corrected chi connectivity index (χ3v) is 20.2. The van der Waals surface area contributed by atoms with Crippen molar-refractivity contribution < 1.29 is 20.4 Å². The molecule has 5 heteroatoms. The summed E-state index contributed by atoms with van der Waals surface area (Å²) in [6, 6.07) is 31.0. The number of aryl methyl sites for hydroxylation is 4. The third kappa shape index (κ3) is 11.0. The van der Waals surface area contributed by atoms with Crippen LogP contribution in [0.1, 0.15) is 218 Å². The number of phenols is 4. The van der Waals surface area contributed by atoms with E-state index in [-0.39, 0.29) is 0 Å². The first-order valence-electron chi connectivity index (χ1n) is 29.7. The zero-order valence-corrected chi connectivity index (χ0v) is 46.5. The minimum atomic E-state index is -0.442. The lowest BCUT2D eigenvalue weighted by molar-refractivity contribution is 0.350. The molecule has 1 heterocycles. The van der Waals surface area contributed by atoms with Gasteiger partial charge in [-0.05, 0) is 110 Å². The van der Waals surface area contributed by atoms with Crippen LogP contribution < -0.4 is 0 Å². The molecule has 0 amide bonds. The topological polar surface area (TPSA) is 80.9 Å². The monoisotopic (exact) mass is 1020 g/mol. The molecule has 0 saturated heterocycles. The Kier molecular flexibility index (Phi) is 15.7. The van der Waals surface area contributed by atoms with Gasteiger partial charge < -0.3 is 20.4 Å². The normalized spacial score (nSPS) is 17.8. The average Bonchev–Trinajstić information content (AvgIpc) is 3.83. The summed E-state index contributed by atoms with van der Waals surface area (Å²) < 4.78 is 2.26.